The van der Waals surface area contributed by atoms with Gasteiger partial charge in [0.1, 0.15) is 0 Å². The zero-order chi connectivity index (χ0) is 19.6. The molecule has 0 bridgehead atoms. The maximum Gasteiger partial charge on any atom is 0.335 e. The molecule has 1 aliphatic heterocycles. The summed E-state index contributed by atoms with van der Waals surface area (Å²) in [7, 11) is 0. The van der Waals surface area contributed by atoms with Crippen LogP contribution in [0.1, 0.15) is 86.5 Å². The lowest BCUT2D eigenvalue weighted by Gasteiger charge is -2.43. The van der Waals surface area contributed by atoms with E-state index in [9.17, 15) is 9.90 Å². The van der Waals surface area contributed by atoms with Crippen LogP contribution in [-0.2, 0) is 17.6 Å². The zero-order valence-corrected chi connectivity index (χ0v) is 17.4. The van der Waals surface area contributed by atoms with Crippen molar-refractivity contribution < 1.29 is 14.6 Å². The number of likely N-dealkylation sites (tertiary alicyclic amines) is 1. The van der Waals surface area contributed by atoms with Crippen LogP contribution in [0.2, 0.25) is 0 Å². The first-order valence-corrected chi connectivity index (χ1v) is 10.5. The van der Waals surface area contributed by atoms with Gasteiger partial charge in [-0.1, -0.05) is 26.8 Å². The summed E-state index contributed by atoms with van der Waals surface area (Å²) < 4.78 is 6.00. The molecule has 0 radical (unpaired) electrons. The van der Waals surface area contributed by atoms with Crippen molar-refractivity contribution in [1.82, 2.24) is 4.90 Å². The normalized spacial score (nSPS) is 23.9. The number of benzene rings is 1. The summed E-state index contributed by atoms with van der Waals surface area (Å²) >= 11 is 0. The summed E-state index contributed by atoms with van der Waals surface area (Å²) in [5, 5.41) is 9.63. The average Bonchev–Trinajstić information content (AvgIpc) is 2.61. The number of carboxylic acid groups (broad SMARTS) is 1. The highest BCUT2D eigenvalue weighted by atomic mass is 16.5. The van der Waals surface area contributed by atoms with Gasteiger partial charge in [-0.25, -0.2) is 4.79 Å². The van der Waals surface area contributed by atoms with Gasteiger partial charge in [-0.3, -0.25) is 4.90 Å². The number of carbonyl (C=O) groups is 1. The lowest BCUT2D eigenvalue weighted by Crippen LogP contribution is -2.44. The maximum atomic E-state index is 11.7. The molecular weight excluding hydrogens is 338 g/mol. The van der Waals surface area contributed by atoms with Crippen LogP contribution < -0.4 is 0 Å². The van der Waals surface area contributed by atoms with Gasteiger partial charge in [-0.15, -0.1) is 0 Å². The summed E-state index contributed by atoms with van der Waals surface area (Å²) in [6.45, 7) is 11.8. The summed E-state index contributed by atoms with van der Waals surface area (Å²) in [5.41, 5.74) is 4.48. The number of rotatable bonds is 5. The molecule has 27 heavy (non-hydrogen) atoms. The van der Waals surface area contributed by atoms with Gasteiger partial charge in [0.25, 0.3) is 0 Å². The molecule has 4 nitrogen and oxygen atoms in total. The third-order valence-corrected chi connectivity index (χ3v) is 5.91. The fourth-order valence-electron chi connectivity index (χ4n) is 4.90. The molecule has 1 aromatic carbocycles. The van der Waals surface area contributed by atoms with E-state index in [2.05, 4.69) is 38.7 Å². The first kappa shape index (κ1) is 20.3. The van der Waals surface area contributed by atoms with Crippen molar-refractivity contribution in [2.45, 2.75) is 78.4 Å². The SMILES string of the molecule is CCO[C@H]1CCN(CC(C)(C)C)[C@H](c2ccc(C(=O)O)c3c2CCCC3)C1. The Bertz CT molecular complexity index is 677. The Balaban J connectivity index is 1.99. The van der Waals surface area contributed by atoms with Gasteiger partial charge in [0, 0.05) is 25.7 Å². The molecule has 0 amide bonds. The van der Waals surface area contributed by atoms with Crippen LogP contribution in [0.3, 0.4) is 0 Å². The minimum atomic E-state index is -0.790. The fraction of sp³-hybridized carbons (Fsp3) is 0.696. The Morgan fingerprint density at radius 1 is 1.22 bits per heavy atom. The second-order valence-corrected chi connectivity index (χ2v) is 9.32. The molecule has 0 unspecified atom stereocenters. The van der Waals surface area contributed by atoms with E-state index in [1.165, 1.54) is 11.1 Å². The first-order chi connectivity index (χ1) is 12.8. The fourth-order valence-corrected chi connectivity index (χ4v) is 4.90. The van der Waals surface area contributed by atoms with Crippen molar-refractivity contribution in [3.05, 3.63) is 34.4 Å². The number of carboxylic acids is 1. The molecule has 2 atom stereocenters. The maximum absolute atomic E-state index is 11.7. The minimum absolute atomic E-state index is 0.234. The molecule has 0 aromatic heterocycles. The zero-order valence-electron chi connectivity index (χ0n) is 17.4. The van der Waals surface area contributed by atoms with Crippen LogP contribution in [0.25, 0.3) is 0 Å². The van der Waals surface area contributed by atoms with E-state index in [4.69, 9.17) is 4.74 Å². The number of hydrogen-bond donors (Lipinski definition) is 1. The number of ether oxygens (including phenoxy) is 1. The van der Waals surface area contributed by atoms with Gasteiger partial charge >= 0.3 is 5.97 Å². The summed E-state index contributed by atoms with van der Waals surface area (Å²) in [4.78, 5) is 14.3. The Hall–Kier alpha value is -1.39. The topological polar surface area (TPSA) is 49.8 Å². The summed E-state index contributed by atoms with van der Waals surface area (Å²) in [6, 6.07) is 4.27. The third kappa shape index (κ3) is 4.72. The second-order valence-electron chi connectivity index (χ2n) is 9.32. The molecule has 0 spiro atoms. The Morgan fingerprint density at radius 2 is 1.93 bits per heavy atom. The molecule has 1 aromatic rings. The lowest BCUT2D eigenvalue weighted by atomic mass is 9.80. The highest BCUT2D eigenvalue weighted by Gasteiger charge is 2.34. The standard InChI is InChI=1S/C23H35NO3/c1-5-27-16-12-13-24(15-23(2,3)4)21(14-16)19-10-11-20(22(25)26)18-9-7-6-8-17(18)19/h10-11,16,21H,5-9,12-15H2,1-4H3,(H,25,26)/t16-,21-/m0/s1. The minimum Gasteiger partial charge on any atom is -0.478 e. The Labute approximate surface area is 163 Å². The molecule has 1 fully saturated rings. The molecule has 1 aliphatic carbocycles. The van der Waals surface area contributed by atoms with Gasteiger partial charge in [0.05, 0.1) is 11.7 Å². The average molecular weight is 374 g/mol. The van der Waals surface area contributed by atoms with Crippen LogP contribution >= 0.6 is 0 Å². The van der Waals surface area contributed by atoms with Gasteiger partial charge in [0.15, 0.2) is 0 Å². The first-order valence-electron chi connectivity index (χ1n) is 10.5. The number of nitrogens with zero attached hydrogens (tertiary/aromatic N) is 1. The molecule has 1 heterocycles. The van der Waals surface area contributed by atoms with E-state index in [-0.39, 0.29) is 5.41 Å². The van der Waals surface area contributed by atoms with E-state index in [1.807, 2.05) is 6.07 Å². The molecule has 1 saturated heterocycles. The molecule has 4 heteroatoms. The van der Waals surface area contributed by atoms with Crippen molar-refractivity contribution in [2.75, 3.05) is 19.7 Å². The van der Waals surface area contributed by atoms with E-state index < -0.39 is 5.97 Å². The highest BCUT2D eigenvalue weighted by Crippen LogP contribution is 2.39. The van der Waals surface area contributed by atoms with Crippen LogP contribution in [0, 0.1) is 5.41 Å². The monoisotopic (exact) mass is 373 g/mol. The Morgan fingerprint density at radius 3 is 2.56 bits per heavy atom. The molecular formula is C23H35NO3. The second kappa shape index (κ2) is 8.32. The predicted octanol–water partition coefficient (Wildman–Crippen LogP) is 4.85. The molecule has 2 aliphatic rings. The predicted molar refractivity (Wildman–Crippen MR) is 108 cm³/mol. The van der Waals surface area contributed by atoms with Gasteiger partial charge < -0.3 is 9.84 Å². The van der Waals surface area contributed by atoms with Crippen molar-refractivity contribution in [2.24, 2.45) is 5.41 Å². The van der Waals surface area contributed by atoms with E-state index in [0.717, 1.165) is 63.8 Å². The van der Waals surface area contributed by atoms with Crippen molar-refractivity contribution in [3.8, 4) is 0 Å². The molecule has 0 saturated carbocycles. The highest BCUT2D eigenvalue weighted by molar-refractivity contribution is 5.90. The molecule has 3 rings (SSSR count). The van der Waals surface area contributed by atoms with Gasteiger partial charge in [0.2, 0.25) is 0 Å². The van der Waals surface area contributed by atoms with Crippen LogP contribution in [-0.4, -0.2) is 41.8 Å². The Kier molecular flexibility index (Phi) is 6.27. The number of aromatic carboxylic acids is 1. The lowest BCUT2D eigenvalue weighted by molar-refractivity contribution is -0.0200. The van der Waals surface area contributed by atoms with E-state index in [0.29, 0.717) is 17.7 Å². The van der Waals surface area contributed by atoms with Crippen LogP contribution in [0.4, 0.5) is 0 Å². The number of fused-ring (bicyclic) bond motifs is 1. The van der Waals surface area contributed by atoms with Crippen LogP contribution in [0.5, 0.6) is 0 Å². The van der Waals surface area contributed by atoms with Crippen molar-refractivity contribution in [1.29, 1.82) is 0 Å². The largest absolute Gasteiger partial charge is 0.478 e. The molecule has 150 valence electrons. The van der Waals surface area contributed by atoms with E-state index in [1.54, 1.807) is 0 Å². The van der Waals surface area contributed by atoms with Crippen LogP contribution in [0.15, 0.2) is 12.1 Å². The summed E-state index contributed by atoms with van der Waals surface area (Å²) in [6.07, 6.45) is 6.53. The number of piperidine rings is 1. The number of hydrogen-bond acceptors (Lipinski definition) is 3. The van der Waals surface area contributed by atoms with E-state index >= 15 is 0 Å². The van der Waals surface area contributed by atoms with Gasteiger partial charge in [-0.05, 0) is 73.6 Å². The third-order valence-electron chi connectivity index (χ3n) is 5.91. The van der Waals surface area contributed by atoms with Crippen molar-refractivity contribution >= 4 is 5.97 Å². The van der Waals surface area contributed by atoms with Crippen molar-refractivity contribution in [3.63, 3.8) is 0 Å². The van der Waals surface area contributed by atoms with Gasteiger partial charge in [-0.2, -0.15) is 0 Å². The quantitative estimate of drug-likeness (QED) is 0.801. The molecule has 1 N–H and O–H groups in total. The summed E-state index contributed by atoms with van der Waals surface area (Å²) in [5.74, 6) is -0.790. The smallest absolute Gasteiger partial charge is 0.335 e.